The maximum atomic E-state index is 13.3. The zero-order chi connectivity index (χ0) is 27.8. The highest BCUT2D eigenvalue weighted by Gasteiger charge is 2.44. The van der Waals surface area contributed by atoms with Crippen LogP contribution in [0.3, 0.4) is 0 Å². The maximum Gasteiger partial charge on any atom is 0.323 e. The summed E-state index contributed by atoms with van der Waals surface area (Å²) in [5, 5.41) is 10.4. The Balaban J connectivity index is 1.78. The molecule has 1 fully saturated rings. The first-order chi connectivity index (χ1) is 18.0. The van der Waals surface area contributed by atoms with Crippen molar-refractivity contribution >= 4 is 11.9 Å². The van der Waals surface area contributed by atoms with Gasteiger partial charge in [-0.15, -0.1) is 0 Å². The average Bonchev–Trinajstić information content (AvgIpc) is 3.42. The number of carbonyl (C=O) groups excluding carboxylic acids is 1. The quantitative estimate of drug-likeness (QED) is 0.282. The number of carboxylic acid groups (broad SMARTS) is 1. The van der Waals surface area contributed by atoms with Crippen LogP contribution in [0.25, 0.3) is 0 Å². The number of hydrogen-bond acceptors (Lipinski definition) is 4. The first-order valence-corrected chi connectivity index (χ1v) is 14.4. The Labute approximate surface area is 228 Å². The number of rotatable bonds is 9. The minimum Gasteiger partial charge on any atom is -0.480 e. The van der Waals surface area contributed by atoms with Crippen LogP contribution in [0.5, 0.6) is 5.75 Å². The predicted molar refractivity (Wildman–Crippen MR) is 152 cm³/mol. The van der Waals surface area contributed by atoms with E-state index in [0.29, 0.717) is 11.7 Å². The van der Waals surface area contributed by atoms with Crippen molar-refractivity contribution < 1.29 is 19.4 Å². The van der Waals surface area contributed by atoms with Crippen molar-refractivity contribution in [3.8, 4) is 5.75 Å². The van der Waals surface area contributed by atoms with Crippen LogP contribution in [0.15, 0.2) is 30.3 Å². The lowest BCUT2D eigenvalue weighted by Gasteiger charge is -2.29. The number of likely N-dealkylation sites (tertiary alicyclic amines) is 1. The largest absolute Gasteiger partial charge is 0.480 e. The molecule has 1 N–H and O–H groups in total. The van der Waals surface area contributed by atoms with Gasteiger partial charge in [-0.1, -0.05) is 84.2 Å². The van der Waals surface area contributed by atoms with E-state index >= 15 is 0 Å². The van der Waals surface area contributed by atoms with Gasteiger partial charge in [0.05, 0.1) is 0 Å². The van der Waals surface area contributed by atoms with Crippen molar-refractivity contribution in [2.24, 2.45) is 5.92 Å². The molecule has 5 heteroatoms. The van der Waals surface area contributed by atoms with Gasteiger partial charge in [0.2, 0.25) is 0 Å². The Morgan fingerprint density at radius 3 is 2.53 bits per heavy atom. The number of aliphatic carboxylic acids is 1. The first kappa shape index (κ1) is 28.4. The summed E-state index contributed by atoms with van der Waals surface area (Å²) in [6, 6.07) is 9.72. The van der Waals surface area contributed by atoms with Crippen LogP contribution in [-0.4, -0.2) is 41.1 Å². The molecular weight excluding hydrogens is 474 g/mol. The van der Waals surface area contributed by atoms with E-state index in [1.165, 1.54) is 6.42 Å². The second-order valence-electron chi connectivity index (χ2n) is 12.5. The lowest BCUT2D eigenvalue weighted by molar-refractivity contribution is -0.143. The molecule has 0 aromatic heterocycles. The van der Waals surface area contributed by atoms with Gasteiger partial charge < -0.3 is 9.84 Å². The maximum absolute atomic E-state index is 13.3. The molecule has 5 nitrogen and oxygen atoms in total. The summed E-state index contributed by atoms with van der Waals surface area (Å²) < 4.78 is 5.98. The van der Waals surface area contributed by atoms with Crippen molar-refractivity contribution in [2.75, 3.05) is 13.1 Å². The molecule has 0 amide bonds. The summed E-state index contributed by atoms with van der Waals surface area (Å²) in [5.41, 5.74) is 5.81. The van der Waals surface area contributed by atoms with Crippen LogP contribution < -0.4 is 4.74 Å². The van der Waals surface area contributed by atoms with Gasteiger partial charge in [0.25, 0.3) is 0 Å². The number of esters is 1. The van der Waals surface area contributed by atoms with E-state index in [1.807, 2.05) is 12.1 Å². The average molecular weight is 520 g/mol. The molecule has 206 valence electrons. The molecule has 3 unspecified atom stereocenters. The minimum absolute atomic E-state index is 0.127. The fraction of sp³-hybridized carbons (Fsp3) is 0.576. The molecule has 2 aromatic rings. The molecule has 2 aliphatic rings. The minimum atomic E-state index is -0.756. The van der Waals surface area contributed by atoms with Crippen LogP contribution in [0.2, 0.25) is 0 Å². The number of unbranched alkanes of at least 4 members (excludes halogenated alkanes) is 1. The molecule has 2 heterocycles. The monoisotopic (exact) mass is 519 g/mol. The molecule has 2 aromatic carbocycles. The van der Waals surface area contributed by atoms with Gasteiger partial charge in [0.15, 0.2) is 0 Å². The summed E-state index contributed by atoms with van der Waals surface area (Å²) in [4.78, 5) is 28.2. The number of benzene rings is 2. The fourth-order valence-electron chi connectivity index (χ4n) is 6.43. The second-order valence-corrected chi connectivity index (χ2v) is 12.5. The van der Waals surface area contributed by atoms with E-state index in [1.54, 1.807) is 0 Å². The summed E-state index contributed by atoms with van der Waals surface area (Å²) in [6.07, 6.45) is 5.35. The van der Waals surface area contributed by atoms with Crippen molar-refractivity contribution in [2.45, 2.75) is 104 Å². The first-order valence-electron chi connectivity index (χ1n) is 14.4. The highest BCUT2D eigenvalue weighted by Crippen LogP contribution is 2.48. The third-order valence-electron chi connectivity index (χ3n) is 8.87. The molecule has 2 aliphatic heterocycles. The number of nitrogens with zero attached hydrogens (tertiary/aromatic N) is 1. The fourth-order valence-corrected chi connectivity index (χ4v) is 6.43. The van der Waals surface area contributed by atoms with E-state index in [-0.39, 0.29) is 17.3 Å². The Hall–Kier alpha value is -2.66. The SMILES string of the molecule is CCCCC(CC)CN1CCC(c2cc3c(c(C(C)(C)C)c2)OC(=O)C3c2cccc(C)c2C)[C@H]1C(=O)O. The van der Waals surface area contributed by atoms with Gasteiger partial charge in [0, 0.05) is 23.6 Å². The van der Waals surface area contributed by atoms with Crippen LogP contribution >= 0.6 is 0 Å². The van der Waals surface area contributed by atoms with Gasteiger partial charge in [-0.05, 0) is 66.8 Å². The van der Waals surface area contributed by atoms with Crippen LogP contribution in [0, 0.1) is 19.8 Å². The highest BCUT2D eigenvalue weighted by atomic mass is 16.5. The zero-order valence-corrected chi connectivity index (χ0v) is 24.3. The van der Waals surface area contributed by atoms with Crippen molar-refractivity contribution in [3.63, 3.8) is 0 Å². The van der Waals surface area contributed by atoms with Gasteiger partial charge >= 0.3 is 11.9 Å². The summed E-state index contributed by atoms with van der Waals surface area (Å²) in [5.74, 6) is -0.456. The summed E-state index contributed by atoms with van der Waals surface area (Å²) in [7, 11) is 0. The molecule has 0 bridgehead atoms. The second kappa shape index (κ2) is 11.2. The van der Waals surface area contributed by atoms with Crippen LogP contribution in [-0.2, 0) is 15.0 Å². The Kier molecular flexibility index (Phi) is 8.37. The van der Waals surface area contributed by atoms with E-state index in [4.69, 9.17) is 4.74 Å². The molecule has 0 saturated carbocycles. The third-order valence-corrected chi connectivity index (χ3v) is 8.87. The molecule has 4 rings (SSSR count). The third kappa shape index (κ3) is 5.40. The molecule has 0 aliphatic carbocycles. The molecule has 1 saturated heterocycles. The predicted octanol–water partition coefficient (Wildman–Crippen LogP) is 7.11. The van der Waals surface area contributed by atoms with Crippen molar-refractivity contribution in [1.29, 1.82) is 0 Å². The number of fused-ring (bicyclic) bond motifs is 1. The molecular formula is C33H45NO4. The van der Waals surface area contributed by atoms with Gasteiger partial charge in [0.1, 0.15) is 17.7 Å². The van der Waals surface area contributed by atoms with E-state index < -0.39 is 17.9 Å². The van der Waals surface area contributed by atoms with Crippen molar-refractivity contribution in [1.82, 2.24) is 4.90 Å². The smallest absolute Gasteiger partial charge is 0.323 e. The van der Waals surface area contributed by atoms with Crippen molar-refractivity contribution in [3.05, 3.63) is 63.7 Å². The highest BCUT2D eigenvalue weighted by molar-refractivity contribution is 5.91. The molecule has 4 atom stereocenters. The normalized spacial score (nSPS) is 22.4. The van der Waals surface area contributed by atoms with E-state index in [0.717, 1.165) is 72.2 Å². The molecule has 38 heavy (non-hydrogen) atoms. The summed E-state index contributed by atoms with van der Waals surface area (Å²) in [6.45, 7) is 16.5. The number of ether oxygens (including phenoxy) is 1. The summed E-state index contributed by atoms with van der Waals surface area (Å²) >= 11 is 0. The lowest BCUT2D eigenvalue weighted by atomic mass is 9.78. The topological polar surface area (TPSA) is 66.8 Å². The van der Waals surface area contributed by atoms with Gasteiger partial charge in [-0.25, -0.2) is 0 Å². The lowest BCUT2D eigenvalue weighted by Crippen LogP contribution is -2.41. The molecule has 0 radical (unpaired) electrons. The number of hydrogen-bond donors (Lipinski definition) is 1. The van der Waals surface area contributed by atoms with Gasteiger partial charge in [-0.3, -0.25) is 14.5 Å². The Bertz CT molecular complexity index is 1190. The zero-order valence-electron chi connectivity index (χ0n) is 24.3. The van der Waals surface area contributed by atoms with E-state index in [9.17, 15) is 14.7 Å². The van der Waals surface area contributed by atoms with Gasteiger partial charge in [-0.2, -0.15) is 0 Å². The number of carboxylic acids is 1. The number of aryl methyl sites for hydroxylation is 1. The number of carbonyl (C=O) groups is 2. The molecule has 0 spiro atoms. The Morgan fingerprint density at radius 2 is 1.89 bits per heavy atom. The van der Waals surface area contributed by atoms with Crippen LogP contribution in [0.4, 0.5) is 0 Å². The van der Waals surface area contributed by atoms with Crippen LogP contribution in [0.1, 0.15) is 112 Å². The Morgan fingerprint density at radius 1 is 1.16 bits per heavy atom. The van der Waals surface area contributed by atoms with E-state index in [2.05, 4.69) is 71.6 Å². The standard InChI is InChI=1S/C33H45NO4/c1-8-10-13-22(9-2)19-34-16-15-25(29(34)31(35)36)23-17-26-28(24-14-11-12-20(3)21(24)4)32(37)38-30(26)27(18-23)33(5,6)7/h11-12,14,17-18,22,25,28-29H,8-10,13,15-16,19H2,1-7H3,(H,35,36)/t22?,25?,28?,29-/m0/s1.